The second kappa shape index (κ2) is 5.02. The molecule has 0 aliphatic heterocycles. The average molecular weight is 268 g/mol. The smallest absolute Gasteiger partial charge is 0.0510 e. The molecule has 0 spiro atoms. The van der Waals surface area contributed by atoms with Crippen LogP contribution in [0.25, 0.3) is 0 Å². The Labute approximate surface area is 101 Å². The van der Waals surface area contributed by atoms with Gasteiger partial charge in [0.15, 0.2) is 0 Å². The van der Waals surface area contributed by atoms with Gasteiger partial charge in [0.05, 0.1) is 5.69 Å². The quantitative estimate of drug-likeness (QED) is 0.776. The molecule has 0 amide bonds. The van der Waals surface area contributed by atoms with Crippen molar-refractivity contribution in [2.75, 3.05) is 11.9 Å². The monoisotopic (exact) mass is 267 g/mol. The number of rotatable bonds is 2. The van der Waals surface area contributed by atoms with Crippen LogP contribution in [0.15, 0.2) is 28.7 Å². The van der Waals surface area contributed by atoms with Gasteiger partial charge < -0.3 is 4.90 Å². The van der Waals surface area contributed by atoms with Gasteiger partial charge in [0, 0.05) is 17.6 Å². The van der Waals surface area contributed by atoms with Gasteiger partial charge in [-0.3, -0.25) is 0 Å². The zero-order chi connectivity index (χ0) is 10.7. The van der Waals surface area contributed by atoms with Gasteiger partial charge >= 0.3 is 0 Å². The zero-order valence-electron chi connectivity index (χ0n) is 9.25. The minimum Gasteiger partial charge on any atom is -0.371 e. The maximum absolute atomic E-state index is 3.62. The van der Waals surface area contributed by atoms with Gasteiger partial charge in [-0.2, -0.15) is 0 Å². The third-order valence-corrected chi connectivity index (χ3v) is 4.03. The van der Waals surface area contributed by atoms with Crippen molar-refractivity contribution in [2.45, 2.75) is 38.1 Å². The number of hydrogen-bond acceptors (Lipinski definition) is 1. The lowest BCUT2D eigenvalue weighted by molar-refractivity contribution is 0.427. The highest BCUT2D eigenvalue weighted by atomic mass is 79.9. The van der Waals surface area contributed by atoms with E-state index >= 15 is 0 Å². The Morgan fingerprint density at radius 1 is 1.13 bits per heavy atom. The van der Waals surface area contributed by atoms with Crippen LogP contribution in [-0.2, 0) is 0 Å². The van der Waals surface area contributed by atoms with Crippen LogP contribution in [0.2, 0.25) is 0 Å². The first kappa shape index (κ1) is 11.0. The van der Waals surface area contributed by atoms with Crippen molar-refractivity contribution in [3.8, 4) is 0 Å². The van der Waals surface area contributed by atoms with Crippen molar-refractivity contribution in [2.24, 2.45) is 0 Å². The summed E-state index contributed by atoms with van der Waals surface area (Å²) < 4.78 is 1.21. The molecule has 0 heterocycles. The van der Waals surface area contributed by atoms with E-state index in [1.54, 1.807) is 0 Å². The fraction of sp³-hybridized carbons (Fsp3) is 0.538. The van der Waals surface area contributed by atoms with Gasteiger partial charge in [-0.1, -0.05) is 31.4 Å². The Kier molecular flexibility index (Phi) is 3.68. The number of halogens is 1. The molecule has 0 unspecified atom stereocenters. The zero-order valence-corrected chi connectivity index (χ0v) is 10.8. The van der Waals surface area contributed by atoms with Crippen LogP contribution < -0.4 is 4.90 Å². The molecule has 1 aromatic carbocycles. The highest BCUT2D eigenvalue weighted by Gasteiger charge is 2.19. The number of hydrogen-bond donors (Lipinski definition) is 0. The van der Waals surface area contributed by atoms with Crippen LogP contribution in [0.1, 0.15) is 32.1 Å². The van der Waals surface area contributed by atoms with Crippen LogP contribution in [0, 0.1) is 0 Å². The van der Waals surface area contributed by atoms with Crippen molar-refractivity contribution in [1.82, 2.24) is 0 Å². The highest BCUT2D eigenvalue weighted by Crippen LogP contribution is 2.30. The summed E-state index contributed by atoms with van der Waals surface area (Å²) >= 11 is 3.62. The third-order valence-electron chi connectivity index (χ3n) is 3.35. The van der Waals surface area contributed by atoms with E-state index in [2.05, 4.69) is 52.1 Å². The predicted molar refractivity (Wildman–Crippen MR) is 69.4 cm³/mol. The van der Waals surface area contributed by atoms with E-state index < -0.39 is 0 Å². The lowest BCUT2D eigenvalue weighted by Gasteiger charge is -2.33. The first-order valence-corrected chi connectivity index (χ1v) is 6.55. The summed E-state index contributed by atoms with van der Waals surface area (Å²) in [6.07, 6.45) is 6.88. The molecule has 0 N–H and O–H groups in total. The standard InChI is InChI=1S/C13H18BrN/c1-15(11-7-3-2-4-8-11)13-10-6-5-9-12(13)14/h5-6,9-11H,2-4,7-8H2,1H3. The van der Waals surface area contributed by atoms with Crippen LogP contribution in [0.5, 0.6) is 0 Å². The maximum Gasteiger partial charge on any atom is 0.0510 e. The summed E-state index contributed by atoms with van der Waals surface area (Å²) in [6, 6.07) is 9.23. The molecule has 1 aliphatic rings. The molecule has 82 valence electrons. The SMILES string of the molecule is CN(c1ccccc1Br)C1CCCCC1. The van der Waals surface area contributed by atoms with E-state index in [0.717, 1.165) is 6.04 Å². The van der Waals surface area contributed by atoms with Crippen LogP contribution in [0.4, 0.5) is 5.69 Å². The second-order valence-corrected chi connectivity index (χ2v) is 5.21. The minimum absolute atomic E-state index is 0.734. The summed E-state index contributed by atoms with van der Waals surface area (Å²) in [5.41, 5.74) is 1.32. The molecule has 0 bridgehead atoms. The molecule has 1 aliphatic carbocycles. The van der Waals surface area contributed by atoms with Gasteiger partial charge in [0.25, 0.3) is 0 Å². The van der Waals surface area contributed by atoms with Crippen molar-refractivity contribution < 1.29 is 0 Å². The normalized spacial score (nSPS) is 17.7. The molecule has 2 rings (SSSR count). The molecular weight excluding hydrogens is 250 g/mol. The van der Waals surface area contributed by atoms with Gasteiger partial charge in [0.1, 0.15) is 0 Å². The molecule has 0 saturated heterocycles. The van der Waals surface area contributed by atoms with Crippen molar-refractivity contribution in [3.05, 3.63) is 28.7 Å². The second-order valence-electron chi connectivity index (χ2n) is 4.35. The molecule has 1 aromatic rings. The van der Waals surface area contributed by atoms with E-state index in [-0.39, 0.29) is 0 Å². The third kappa shape index (κ3) is 2.54. The lowest BCUT2D eigenvalue weighted by Crippen LogP contribution is -2.33. The van der Waals surface area contributed by atoms with Crippen molar-refractivity contribution in [3.63, 3.8) is 0 Å². The van der Waals surface area contributed by atoms with E-state index in [1.165, 1.54) is 42.3 Å². The van der Waals surface area contributed by atoms with Crippen LogP contribution >= 0.6 is 15.9 Å². The molecule has 0 aromatic heterocycles. The summed E-state index contributed by atoms with van der Waals surface area (Å²) in [6.45, 7) is 0. The maximum atomic E-state index is 3.62. The van der Waals surface area contributed by atoms with E-state index in [1.807, 2.05) is 0 Å². The summed E-state index contributed by atoms with van der Waals surface area (Å²) in [5.74, 6) is 0. The van der Waals surface area contributed by atoms with Crippen molar-refractivity contribution >= 4 is 21.6 Å². The Balaban J connectivity index is 2.12. The molecule has 0 radical (unpaired) electrons. The van der Waals surface area contributed by atoms with Crippen LogP contribution in [0.3, 0.4) is 0 Å². The average Bonchev–Trinajstić information content (AvgIpc) is 2.30. The fourth-order valence-electron chi connectivity index (χ4n) is 2.40. The predicted octanol–water partition coefficient (Wildman–Crippen LogP) is 4.22. The Morgan fingerprint density at radius 2 is 1.80 bits per heavy atom. The lowest BCUT2D eigenvalue weighted by atomic mass is 9.94. The molecule has 15 heavy (non-hydrogen) atoms. The first-order chi connectivity index (χ1) is 7.29. The topological polar surface area (TPSA) is 3.24 Å². The molecule has 1 saturated carbocycles. The molecule has 1 nitrogen and oxygen atoms in total. The van der Waals surface area contributed by atoms with Gasteiger partial charge in [-0.15, -0.1) is 0 Å². The fourth-order valence-corrected chi connectivity index (χ4v) is 2.97. The van der Waals surface area contributed by atoms with Crippen LogP contribution in [-0.4, -0.2) is 13.1 Å². The first-order valence-electron chi connectivity index (χ1n) is 5.76. The van der Waals surface area contributed by atoms with Gasteiger partial charge in [-0.05, 0) is 40.9 Å². The summed E-state index contributed by atoms with van der Waals surface area (Å²) in [4.78, 5) is 2.43. The largest absolute Gasteiger partial charge is 0.371 e. The molecular formula is C13H18BrN. The minimum atomic E-state index is 0.734. The van der Waals surface area contributed by atoms with E-state index in [9.17, 15) is 0 Å². The Bertz CT molecular complexity index is 318. The number of anilines is 1. The van der Waals surface area contributed by atoms with E-state index in [4.69, 9.17) is 0 Å². The van der Waals surface area contributed by atoms with Gasteiger partial charge in [0.2, 0.25) is 0 Å². The van der Waals surface area contributed by atoms with E-state index in [0.29, 0.717) is 0 Å². The molecule has 0 atom stereocenters. The van der Waals surface area contributed by atoms with Crippen molar-refractivity contribution in [1.29, 1.82) is 0 Å². The highest BCUT2D eigenvalue weighted by molar-refractivity contribution is 9.10. The molecule has 2 heteroatoms. The summed E-state index contributed by atoms with van der Waals surface area (Å²) in [7, 11) is 2.22. The van der Waals surface area contributed by atoms with Gasteiger partial charge in [-0.25, -0.2) is 0 Å². The number of nitrogens with zero attached hydrogens (tertiary/aromatic N) is 1. The Morgan fingerprint density at radius 3 is 2.47 bits per heavy atom. The number of para-hydroxylation sites is 1. The molecule has 1 fully saturated rings. The number of benzene rings is 1. The summed E-state index contributed by atoms with van der Waals surface area (Å²) in [5, 5.41) is 0. The Hall–Kier alpha value is -0.500.